The average molecular weight is 405 g/mol. The molecule has 6 nitrogen and oxygen atoms in total. The molecule has 1 aliphatic rings. The smallest absolute Gasteiger partial charge is 0.257 e. The predicted molar refractivity (Wildman–Crippen MR) is 115 cm³/mol. The second-order valence-corrected chi connectivity index (χ2v) is 7.25. The van der Waals surface area contributed by atoms with E-state index in [0.29, 0.717) is 35.9 Å². The van der Waals surface area contributed by atoms with E-state index < -0.39 is 0 Å². The minimum Gasteiger partial charge on any atom is -0.368 e. The number of nitrogens with zero attached hydrogens (tertiary/aromatic N) is 4. The highest BCUT2D eigenvalue weighted by Gasteiger charge is 2.24. The molecule has 3 aromatic rings. The van der Waals surface area contributed by atoms with Crippen LogP contribution in [0.4, 0.5) is 16.0 Å². The van der Waals surface area contributed by atoms with Crippen molar-refractivity contribution in [2.75, 3.05) is 36.4 Å². The second kappa shape index (κ2) is 8.90. The summed E-state index contributed by atoms with van der Waals surface area (Å²) in [5, 5.41) is 3.02. The number of anilines is 2. The highest BCUT2D eigenvalue weighted by atomic mass is 19.1. The molecular weight excluding hydrogens is 381 g/mol. The van der Waals surface area contributed by atoms with Crippen molar-refractivity contribution in [1.82, 2.24) is 14.9 Å². The van der Waals surface area contributed by atoms with Gasteiger partial charge in [0.05, 0.1) is 11.3 Å². The number of benzene rings is 2. The lowest BCUT2D eigenvalue weighted by Gasteiger charge is -2.36. The van der Waals surface area contributed by atoms with Crippen molar-refractivity contribution in [3.8, 4) is 0 Å². The van der Waals surface area contributed by atoms with Gasteiger partial charge in [-0.15, -0.1) is 0 Å². The Morgan fingerprint density at radius 1 is 1.03 bits per heavy atom. The first kappa shape index (κ1) is 19.8. The second-order valence-electron chi connectivity index (χ2n) is 7.25. The molecule has 7 heteroatoms. The molecule has 0 radical (unpaired) electrons. The Hall–Kier alpha value is -3.48. The quantitative estimate of drug-likeness (QED) is 0.704. The first-order valence-corrected chi connectivity index (χ1v) is 10.0. The number of nitrogens with one attached hydrogen (secondary N) is 1. The van der Waals surface area contributed by atoms with E-state index >= 15 is 0 Å². The number of carbonyl (C=O) groups is 1. The van der Waals surface area contributed by atoms with Crippen LogP contribution < -0.4 is 10.2 Å². The van der Waals surface area contributed by atoms with Crippen LogP contribution in [0.15, 0.2) is 60.8 Å². The van der Waals surface area contributed by atoms with Gasteiger partial charge in [-0.05, 0) is 25.1 Å². The van der Waals surface area contributed by atoms with Crippen LogP contribution in [0.2, 0.25) is 0 Å². The summed E-state index contributed by atoms with van der Waals surface area (Å²) in [7, 11) is 0. The zero-order valence-electron chi connectivity index (χ0n) is 16.9. The maximum atomic E-state index is 13.7. The fourth-order valence-corrected chi connectivity index (χ4v) is 3.56. The summed E-state index contributed by atoms with van der Waals surface area (Å²) >= 11 is 0. The van der Waals surface area contributed by atoms with Gasteiger partial charge in [-0.3, -0.25) is 4.79 Å². The molecule has 2 aromatic carbocycles. The number of para-hydroxylation sites is 1. The van der Waals surface area contributed by atoms with Gasteiger partial charge in [-0.2, -0.15) is 0 Å². The SMILES string of the molecule is Cc1nc(NCc2ccccc2F)ncc1C(=O)N1CCN(c2ccccc2)CC1. The average Bonchev–Trinajstić information content (AvgIpc) is 2.79. The van der Waals surface area contributed by atoms with Crippen LogP contribution in [0.1, 0.15) is 21.6 Å². The minimum atomic E-state index is -0.275. The normalized spacial score (nSPS) is 13.9. The van der Waals surface area contributed by atoms with Crippen LogP contribution in [0, 0.1) is 12.7 Å². The largest absolute Gasteiger partial charge is 0.368 e. The third-order valence-corrected chi connectivity index (χ3v) is 5.29. The Balaban J connectivity index is 1.37. The molecule has 1 aromatic heterocycles. The molecule has 1 saturated heterocycles. The molecule has 30 heavy (non-hydrogen) atoms. The van der Waals surface area contributed by atoms with Gasteiger partial charge >= 0.3 is 0 Å². The van der Waals surface area contributed by atoms with Gasteiger partial charge in [0.2, 0.25) is 5.95 Å². The van der Waals surface area contributed by atoms with Crippen molar-refractivity contribution >= 4 is 17.5 Å². The Morgan fingerprint density at radius 3 is 2.43 bits per heavy atom. The molecule has 0 bridgehead atoms. The van der Waals surface area contributed by atoms with E-state index in [2.05, 4.69) is 32.3 Å². The van der Waals surface area contributed by atoms with Crippen molar-refractivity contribution in [3.05, 3.63) is 83.4 Å². The third-order valence-electron chi connectivity index (χ3n) is 5.29. The number of rotatable bonds is 5. The van der Waals surface area contributed by atoms with Gasteiger partial charge in [0.25, 0.3) is 5.91 Å². The Labute approximate surface area is 175 Å². The van der Waals surface area contributed by atoms with Gasteiger partial charge in [0, 0.05) is 50.2 Å². The van der Waals surface area contributed by atoms with Crippen LogP contribution in [-0.4, -0.2) is 47.0 Å². The molecule has 0 spiro atoms. The van der Waals surface area contributed by atoms with E-state index in [1.807, 2.05) is 23.1 Å². The molecule has 0 saturated carbocycles. The van der Waals surface area contributed by atoms with Crippen LogP contribution in [0.25, 0.3) is 0 Å². The summed E-state index contributed by atoms with van der Waals surface area (Å²) in [5.74, 6) is 0.0465. The van der Waals surface area contributed by atoms with E-state index in [-0.39, 0.29) is 18.3 Å². The van der Waals surface area contributed by atoms with Gasteiger partial charge in [-0.25, -0.2) is 14.4 Å². The van der Waals surface area contributed by atoms with Crippen molar-refractivity contribution in [2.24, 2.45) is 0 Å². The van der Waals surface area contributed by atoms with Crippen LogP contribution in [-0.2, 0) is 6.54 Å². The lowest BCUT2D eigenvalue weighted by Crippen LogP contribution is -2.49. The molecule has 4 rings (SSSR count). The van der Waals surface area contributed by atoms with Crippen LogP contribution >= 0.6 is 0 Å². The van der Waals surface area contributed by atoms with Crippen molar-refractivity contribution in [3.63, 3.8) is 0 Å². The van der Waals surface area contributed by atoms with Crippen molar-refractivity contribution in [1.29, 1.82) is 0 Å². The fraction of sp³-hybridized carbons (Fsp3) is 0.261. The topological polar surface area (TPSA) is 61.4 Å². The summed E-state index contributed by atoms with van der Waals surface area (Å²) in [6.45, 7) is 4.96. The molecule has 0 atom stereocenters. The molecule has 1 aliphatic heterocycles. The lowest BCUT2D eigenvalue weighted by molar-refractivity contribution is 0.0745. The van der Waals surface area contributed by atoms with Crippen molar-refractivity contribution < 1.29 is 9.18 Å². The Bertz CT molecular complexity index is 1020. The Morgan fingerprint density at radius 2 is 1.73 bits per heavy atom. The van der Waals surface area contributed by atoms with Gasteiger partial charge in [0.1, 0.15) is 5.82 Å². The highest BCUT2D eigenvalue weighted by molar-refractivity contribution is 5.95. The summed E-state index contributed by atoms with van der Waals surface area (Å²) < 4.78 is 13.7. The minimum absolute atomic E-state index is 0.0548. The molecule has 1 amide bonds. The zero-order valence-corrected chi connectivity index (χ0v) is 16.9. The molecule has 0 unspecified atom stereocenters. The summed E-state index contributed by atoms with van der Waals surface area (Å²) in [6, 6.07) is 16.8. The highest BCUT2D eigenvalue weighted by Crippen LogP contribution is 2.18. The van der Waals surface area contributed by atoms with Crippen molar-refractivity contribution in [2.45, 2.75) is 13.5 Å². The zero-order chi connectivity index (χ0) is 20.9. The monoisotopic (exact) mass is 405 g/mol. The predicted octanol–water partition coefficient (Wildman–Crippen LogP) is 3.50. The molecule has 0 aliphatic carbocycles. The van der Waals surface area contributed by atoms with Gasteiger partial charge < -0.3 is 15.1 Å². The lowest BCUT2D eigenvalue weighted by atomic mass is 10.2. The van der Waals surface area contributed by atoms with E-state index in [0.717, 1.165) is 13.1 Å². The standard InChI is InChI=1S/C23H24FN5O/c1-17-20(16-26-23(27-17)25-15-18-7-5-6-10-21(18)24)22(30)29-13-11-28(12-14-29)19-8-3-2-4-9-19/h2-10,16H,11-15H2,1H3,(H,25,26,27). The van der Waals surface area contributed by atoms with Gasteiger partial charge in [-0.1, -0.05) is 36.4 Å². The number of hydrogen-bond acceptors (Lipinski definition) is 5. The van der Waals surface area contributed by atoms with E-state index in [4.69, 9.17) is 0 Å². The number of carbonyl (C=O) groups excluding carboxylic acids is 1. The maximum Gasteiger partial charge on any atom is 0.257 e. The number of piperazine rings is 1. The third kappa shape index (κ3) is 4.40. The van der Waals surface area contributed by atoms with E-state index in [9.17, 15) is 9.18 Å². The number of aromatic nitrogens is 2. The summed E-state index contributed by atoms with van der Waals surface area (Å²) in [5.41, 5.74) is 2.82. The Kier molecular flexibility index (Phi) is 5.88. The summed E-state index contributed by atoms with van der Waals surface area (Å²) in [6.07, 6.45) is 1.55. The van der Waals surface area contributed by atoms with Crippen LogP contribution in [0.3, 0.4) is 0 Å². The molecule has 1 fully saturated rings. The first-order valence-electron chi connectivity index (χ1n) is 10.0. The number of aryl methyl sites for hydroxylation is 1. The molecular formula is C23H24FN5O. The fourth-order valence-electron chi connectivity index (χ4n) is 3.56. The molecule has 154 valence electrons. The number of amides is 1. The molecule has 1 N–H and O–H groups in total. The van der Waals surface area contributed by atoms with E-state index in [1.165, 1.54) is 11.8 Å². The number of hydrogen-bond donors (Lipinski definition) is 1. The van der Waals surface area contributed by atoms with Gasteiger partial charge in [0.15, 0.2) is 0 Å². The maximum absolute atomic E-state index is 13.7. The number of halogens is 1. The summed E-state index contributed by atoms with van der Waals surface area (Å²) in [4.78, 5) is 25.7. The van der Waals surface area contributed by atoms with E-state index in [1.54, 1.807) is 31.3 Å². The first-order chi connectivity index (χ1) is 14.6. The van der Waals surface area contributed by atoms with Crippen LogP contribution in [0.5, 0.6) is 0 Å². The molecule has 2 heterocycles.